The molecular weight excluding hydrogens is 414 g/mol. The molecule has 4 rings (SSSR count). The number of amides is 1. The second-order valence-electron chi connectivity index (χ2n) is 7.62. The number of piperazine rings is 1. The summed E-state index contributed by atoms with van der Waals surface area (Å²) in [5.41, 5.74) is 2.29. The van der Waals surface area contributed by atoms with Gasteiger partial charge in [0.15, 0.2) is 0 Å². The largest absolute Gasteiger partial charge is 0.342 e. The maximum absolute atomic E-state index is 13.0. The molecule has 1 amide bonds. The van der Waals surface area contributed by atoms with Gasteiger partial charge in [-0.15, -0.1) is 0 Å². The molecule has 0 aliphatic carbocycles. The minimum atomic E-state index is -3.58. The molecule has 0 atom stereocenters. The minimum Gasteiger partial charge on any atom is -0.342 e. The Kier molecular flexibility index (Phi) is 6.35. The number of carbonyl (C=O) groups is 1. The van der Waals surface area contributed by atoms with Crippen LogP contribution in [0.2, 0.25) is 0 Å². The first-order valence-electron chi connectivity index (χ1n) is 10.5. The van der Waals surface area contributed by atoms with E-state index in [9.17, 15) is 13.2 Å². The van der Waals surface area contributed by atoms with Crippen molar-refractivity contribution in [2.45, 2.75) is 24.7 Å². The lowest BCUT2D eigenvalue weighted by Crippen LogP contribution is -2.48. The number of fused-ring (bicyclic) bond motifs is 1. The number of likely N-dealkylation sites (N-methyl/N-ethyl adjacent to an activating group) is 1. The first kappa shape index (κ1) is 21.5. The monoisotopic (exact) mass is 441 g/mol. The van der Waals surface area contributed by atoms with E-state index in [-0.39, 0.29) is 17.2 Å². The number of H-pyrrole nitrogens is 1. The van der Waals surface area contributed by atoms with Gasteiger partial charge in [-0.1, -0.05) is 25.1 Å². The smallest absolute Gasteiger partial charge is 0.243 e. The molecule has 9 heteroatoms. The lowest BCUT2D eigenvalue weighted by atomic mass is 10.2. The number of aromatic amines is 1. The number of anilines is 1. The molecule has 0 radical (unpaired) electrons. The SMILES string of the molecule is CCN1CCN(S(=O)(=O)c2cccc(NC(=O)CCc3nc4ccccc4[nH]3)c2)CC1. The summed E-state index contributed by atoms with van der Waals surface area (Å²) < 4.78 is 27.5. The average Bonchev–Trinajstić information content (AvgIpc) is 3.21. The number of aromatic nitrogens is 2. The first-order valence-corrected chi connectivity index (χ1v) is 12.0. The molecule has 0 bridgehead atoms. The average molecular weight is 442 g/mol. The van der Waals surface area contributed by atoms with Gasteiger partial charge in [0.25, 0.3) is 0 Å². The highest BCUT2D eigenvalue weighted by molar-refractivity contribution is 7.89. The van der Waals surface area contributed by atoms with Crippen LogP contribution < -0.4 is 5.32 Å². The quantitative estimate of drug-likeness (QED) is 0.587. The standard InChI is InChI=1S/C22H27N5O3S/c1-2-26-12-14-27(15-13-26)31(29,30)18-7-5-6-17(16-18)23-22(28)11-10-21-24-19-8-3-4-9-20(19)25-21/h3-9,16H,2,10-15H2,1H3,(H,23,28)(H,24,25). The van der Waals surface area contributed by atoms with E-state index in [1.165, 1.54) is 10.4 Å². The summed E-state index contributed by atoms with van der Waals surface area (Å²) in [6.07, 6.45) is 0.718. The summed E-state index contributed by atoms with van der Waals surface area (Å²) in [5.74, 6) is 0.561. The van der Waals surface area contributed by atoms with E-state index in [0.717, 1.165) is 36.5 Å². The summed E-state index contributed by atoms with van der Waals surface area (Å²) in [6.45, 7) is 5.41. The van der Waals surface area contributed by atoms with Gasteiger partial charge in [-0.05, 0) is 36.9 Å². The Morgan fingerprint density at radius 2 is 1.87 bits per heavy atom. The van der Waals surface area contributed by atoms with E-state index < -0.39 is 10.0 Å². The van der Waals surface area contributed by atoms with Crippen LogP contribution in [-0.2, 0) is 21.2 Å². The van der Waals surface area contributed by atoms with Crippen LogP contribution in [0.4, 0.5) is 5.69 Å². The van der Waals surface area contributed by atoms with Crippen molar-refractivity contribution in [2.24, 2.45) is 0 Å². The first-order chi connectivity index (χ1) is 15.0. The number of benzene rings is 2. The highest BCUT2D eigenvalue weighted by Crippen LogP contribution is 2.21. The van der Waals surface area contributed by atoms with Crippen molar-refractivity contribution < 1.29 is 13.2 Å². The van der Waals surface area contributed by atoms with Crippen molar-refractivity contribution >= 4 is 32.7 Å². The number of carbonyl (C=O) groups excluding carboxylic acids is 1. The van der Waals surface area contributed by atoms with Crippen molar-refractivity contribution in [3.8, 4) is 0 Å². The Morgan fingerprint density at radius 3 is 2.61 bits per heavy atom. The molecule has 0 spiro atoms. The zero-order chi connectivity index (χ0) is 21.8. The number of imidazole rings is 1. The summed E-state index contributed by atoms with van der Waals surface area (Å²) >= 11 is 0. The number of aryl methyl sites for hydroxylation is 1. The molecule has 2 aromatic carbocycles. The summed E-state index contributed by atoms with van der Waals surface area (Å²) in [4.78, 5) is 22.5. The summed E-state index contributed by atoms with van der Waals surface area (Å²) in [7, 11) is -3.58. The fraction of sp³-hybridized carbons (Fsp3) is 0.364. The van der Waals surface area contributed by atoms with Crippen LogP contribution in [-0.4, -0.2) is 66.2 Å². The van der Waals surface area contributed by atoms with Crippen LogP contribution >= 0.6 is 0 Å². The Morgan fingerprint density at radius 1 is 1.10 bits per heavy atom. The second-order valence-corrected chi connectivity index (χ2v) is 9.55. The Labute approximate surface area is 182 Å². The van der Waals surface area contributed by atoms with E-state index in [4.69, 9.17) is 0 Å². The topological polar surface area (TPSA) is 98.4 Å². The molecule has 2 N–H and O–H groups in total. The van der Waals surface area contributed by atoms with Crippen molar-refractivity contribution in [3.63, 3.8) is 0 Å². The molecule has 1 aliphatic heterocycles. The van der Waals surface area contributed by atoms with Gasteiger partial charge in [0.1, 0.15) is 5.82 Å². The number of sulfonamides is 1. The maximum Gasteiger partial charge on any atom is 0.243 e. The third-order valence-electron chi connectivity index (χ3n) is 5.56. The molecule has 31 heavy (non-hydrogen) atoms. The Hall–Kier alpha value is -2.75. The number of hydrogen-bond acceptors (Lipinski definition) is 5. The predicted octanol–water partition coefficient (Wildman–Crippen LogP) is 2.46. The number of nitrogens with zero attached hydrogens (tertiary/aromatic N) is 3. The normalized spacial score (nSPS) is 15.9. The van der Waals surface area contributed by atoms with E-state index >= 15 is 0 Å². The maximum atomic E-state index is 13.0. The fourth-order valence-electron chi connectivity index (χ4n) is 3.75. The van der Waals surface area contributed by atoms with Crippen LogP contribution in [0.3, 0.4) is 0 Å². The van der Waals surface area contributed by atoms with Gasteiger partial charge in [0.05, 0.1) is 15.9 Å². The predicted molar refractivity (Wildman–Crippen MR) is 120 cm³/mol. The van der Waals surface area contributed by atoms with Gasteiger partial charge in [-0.25, -0.2) is 13.4 Å². The molecule has 0 saturated carbocycles. The number of hydrogen-bond donors (Lipinski definition) is 2. The van der Waals surface area contributed by atoms with Crippen LogP contribution in [0.15, 0.2) is 53.4 Å². The summed E-state index contributed by atoms with van der Waals surface area (Å²) in [5, 5.41) is 2.81. The molecule has 2 heterocycles. The highest BCUT2D eigenvalue weighted by atomic mass is 32.2. The molecule has 1 aromatic heterocycles. The van der Waals surface area contributed by atoms with Crippen molar-refractivity contribution in [1.29, 1.82) is 0 Å². The molecule has 1 saturated heterocycles. The number of para-hydroxylation sites is 2. The Bertz CT molecular complexity index is 1130. The third kappa shape index (κ3) is 4.95. The molecule has 3 aromatic rings. The van der Waals surface area contributed by atoms with Crippen LogP contribution in [0.25, 0.3) is 11.0 Å². The zero-order valence-electron chi connectivity index (χ0n) is 17.5. The molecule has 164 valence electrons. The van der Waals surface area contributed by atoms with Gasteiger partial charge in [0, 0.05) is 44.7 Å². The molecular formula is C22H27N5O3S. The third-order valence-corrected chi connectivity index (χ3v) is 7.46. The van der Waals surface area contributed by atoms with Crippen molar-refractivity contribution in [2.75, 3.05) is 38.0 Å². The molecule has 1 aliphatic rings. The Balaban J connectivity index is 1.38. The van der Waals surface area contributed by atoms with E-state index in [1.54, 1.807) is 18.2 Å². The van der Waals surface area contributed by atoms with Gasteiger partial charge in [0.2, 0.25) is 15.9 Å². The molecule has 0 unspecified atom stereocenters. The fourth-order valence-corrected chi connectivity index (χ4v) is 5.22. The van der Waals surface area contributed by atoms with Crippen LogP contribution in [0, 0.1) is 0 Å². The zero-order valence-corrected chi connectivity index (χ0v) is 18.4. The van der Waals surface area contributed by atoms with Crippen LogP contribution in [0.5, 0.6) is 0 Å². The molecule has 1 fully saturated rings. The van der Waals surface area contributed by atoms with E-state index in [0.29, 0.717) is 25.2 Å². The van der Waals surface area contributed by atoms with Crippen LogP contribution in [0.1, 0.15) is 19.2 Å². The van der Waals surface area contributed by atoms with Gasteiger partial charge in [-0.2, -0.15) is 4.31 Å². The van der Waals surface area contributed by atoms with Gasteiger partial charge < -0.3 is 15.2 Å². The second kappa shape index (κ2) is 9.17. The highest BCUT2D eigenvalue weighted by Gasteiger charge is 2.28. The number of nitrogens with one attached hydrogen (secondary N) is 2. The van der Waals surface area contributed by atoms with Crippen molar-refractivity contribution in [3.05, 3.63) is 54.4 Å². The van der Waals surface area contributed by atoms with E-state index in [1.807, 2.05) is 24.3 Å². The minimum absolute atomic E-state index is 0.188. The number of rotatable bonds is 7. The lowest BCUT2D eigenvalue weighted by molar-refractivity contribution is -0.116. The van der Waals surface area contributed by atoms with E-state index in [2.05, 4.69) is 27.1 Å². The lowest BCUT2D eigenvalue weighted by Gasteiger charge is -2.33. The van der Waals surface area contributed by atoms with Gasteiger partial charge >= 0.3 is 0 Å². The summed E-state index contributed by atoms with van der Waals surface area (Å²) in [6, 6.07) is 14.2. The van der Waals surface area contributed by atoms with Gasteiger partial charge in [-0.3, -0.25) is 4.79 Å². The van der Waals surface area contributed by atoms with Crippen molar-refractivity contribution in [1.82, 2.24) is 19.2 Å². The molecule has 8 nitrogen and oxygen atoms in total.